The zero-order valence-electron chi connectivity index (χ0n) is 18.3. The maximum Gasteiger partial charge on any atom is 0.410 e. The number of nitrogens with one attached hydrogen (secondary N) is 1. The third-order valence-electron chi connectivity index (χ3n) is 5.27. The number of ether oxygens (including phenoxy) is 1. The Morgan fingerprint density at radius 2 is 1.90 bits per heavy atom. The molecule has 2 rings (SSSR count). The van der Waals surface area contributed by atoms with Gasteiger partial charge in [-0.3, -0.25) is 9.79 Å². The molecule has 2 unspecified atom stereocenters. The van der Waals surface area contributed by atoms with Gasteiger partial charge in [0, 0.05) is 39.6 Å². The van der Waals surface area contributed by atoms with Gasteiger partial charge in [0.15, 0.2) is 5.96 Å². The molecule has 2 aliphatic heterocycles. The van der Waals surface area contributed by atoms with Gasteiger partial charge in [-0.25, -0.2) is 4.79 Å². The minimum absolute atomic E-state index is 0. The number of nitrogens with zero attached hydrogens (tertiary/aromatic N) is 3. The van der Waals surface area contributed by atoms with Crippen LogP contribution >= 0.6 is 24.0 Å². The van der Waals surface area contributed by atoms with Gasteiger partial charge < -0.3 is 25.6 Å². The molecule has 0 saturated carbocycles. The lowest BCUT2D eigenvalue weighted by atomic mass is 9.95. The zero-order valence-corrected chi connectivity index (χ0v) is 20.6. The molecule has 0 aromatic heterocycles. The SMILES string of the molecule is CN=C(NCC1CCCCN1C(=O)OC(C)(C)C)N1CCCC(CC(N)=O)C1.I. The molecule has 0 bridgehead atoms. The average Bonchev–Trinajstić information content (AvgIpc) is 2.61. The molecule has 0 aliphatic carbocycles. The van der Waals surface area contributed by atoms with E-state index < -0.39 is 5.60 Å². The summed E-state index contributed by atoms with van der Waals surface area (Å²) in [4.78, 5) is 32.3. The van der Waals surface area contributed by atoms with E-state index in [9.17, 15) is 9.59 Å². The van der Waals surface area contributed by atoms with Gasteiger partial charge in [-0.2, -0.15) is 0 Å². The molecule has 2 atom stereocenters. The van der Waals surface area contributed by atoms with Crippen molar-refractivity contribution in [1.29, 1.82) is 0 Å². The van der Waals surface area contributed by atoms with Crippen LogP contribution in [0.1, 0.15) is 59.3 Å². The van der Waals surface area contributed by atoms with Crippen molar-refractivity contribution in [2.24, 2.45) is 16.6 Å². The van der Waals surface area contributed by atoms with Crippen LogP contribution in [-0.2, 0) is 9.53 Å². The van der Waals surface area contributed by atoms with Crippen LogP contribution in [0, 0.1) is 5.92 Å². The first-order chi connectivity index (χ1) is 13.2. The fourth-order valence-electron chi connectivity index (χ4n) is 4.02. The van der Waals surface area contributed by atoms with Crippen LogP contribution < -0.4 is 11.1 Å². The Kier molecular flexibility index (Phi) is 10.5. The van der Waals surface area contributed by atoms with Crippen molar-refractivity contribution >= 4 is 41.9 Å². The van der Waals surface area contributed by atoms with Crippen molar-refractivity contribution in [2.75, 3.05) is 33.2 Å². The van der Waals surface area contributed by atoms with Gasteiger partial charge in [0.25, 0.3) is 0 Å². The monoisotopic (exact) mass is 523 g/mol. The highest BCUT2D eigenvalue weighted by atomic mass is 127. The van der Waals surface area contributed by atoms with Crippen LogP contribution in [0.15, 0.2) is 4.99 Å². The fraction of sp³-hybridized carbons (Fsp3) is 0.850. The molecular formula is C20H38IN5O3. The summed E-state index contributed by atoms with van der Waals surface area (Å²) in [6.45, 7) is 8.74. The summed E-state index contributed by atoms with van der Waals surface area (Å²) in [6, 6.07) is 0.0894. The number of carbonyl (C=O) groups excluding carboxylic acids is 2. The normalized spacial score (nSPS) is 23.2. The van der Waals surface area contributed by atoms with Crippen molar-refractivity contribution in [3.8, 4) is 0 Å². The van der Waals surface area contributed by atoms with E-state index in [2.05, 4.69) is 15.2 Å². The van der Waals surface area contributed by atoms with Crippen LogP contribution in [0.25, 0.3) is 0 Å². The van der Waals surface area contributed by atoms with Crippen LogP contribution in [0.2, 0.25) is 0 Å². The Morgan fingerprint density at radius 3 is 2.52 bits per heavy atom. The van der Waals surface area contributed by atoms with Crippen molar-refractivity contribution in [2.45, 2.75) is 70.9 Å². The minimum Gasteiger partial charge on any atom is -0.444 e. The van der Waals surface area contributed by atoms with Gasteiger partial charge in [-0.1, -0.05) is 0 Å². The van der Waals surface area contributed by atoms with Gasteiger partial charge >= 0.3 is 6.09 Å². The lowest BCUT2D eigenvalue weighted by Crippen LogP contribution is -2.54. The Labute approximate surface area is 192 Å². The number of halogens is 1. The summed E-state index contributed by atoms with van der Waals surface area (Å²) in [5.74, 6) is 0.853. The van der Waals surface area contributed by atoms with E-state index in [1.165, 1.54) is 0 Å². The lowest BCUT2D eigenvalue weighted by molar-refractivity contribution is -0.119. The second kappa shape index (κ2) is 11.8. The number of carbonyl (C=O) groups is 2. The predicted octanol–water partition coefficient (Wildman–Crippen LogP) is 2.56. The summed E-state index contributed by atoms with van der Waals surface area (Å²) in [7, 11) is 1.77. The zero-order chi connectivity index (χ0) is 20.7. The molecule has 0 radical (unpaired) electrons. The number of hydrogen-bond donors (Lipinski definition) is 2. The topological polar surface area (TPSA) is 100 Å². The first-order valence-electron chi connectivity index (χ1n) is 10.4. The van der Waals surface area contributed by atoms with E-state index >= 15 is 0 Å². The molecular weight excluding hydrogens is 485 g/mol. The van der Waals surface area contributed by atoms with Crippen LogP contribution in [0.3, 0.4) is 0 Å². The van der Waals surface area contributed by atoms with E-state index in [1.807, 2.05) is 25.7 Å². The van der Waals surface area contributed by atoms with Gasteiger partial charge in [-0.15, -0.1) is 24.0 Å². The van der Waals surface area contributed by atoms with Gasteiger partial charge in [0.2, 0.25) is 5.91 Å². The standard InChI is InChI=1S/C20H37N5O3.HI/c1-20(2,3)28-19(27)25-11-6-5-9-16(25)13-23-18(22-4)24-10-7-8-15(14-24)12-17(21)26;/h15-16H,5-14H2,1-4H3,(H2,21,26)(H,22,23);1H. The van der Waals surface area contributed by atoms with E-state index in [-0.39, 0.29) is 47.9 Å². The van der Waals surface area contributed by atoms with E-state index in [4.69, 9.17) is 10.5 Å². The Morgan fingerprint density at radius 1 is 1.17 bits per heavy atom. The molecule has 8 nitrogen and oxygen atoms in total. The molecule has 29 heavy (non-hydrogen) atoms. The number of rotatable bonds is 4. The highest BCUT2D eigenvalue weighted by Gasteiger charge is 2.31. The summed E-state index contributed by atoms with van der Waals surface area (Å²) in [5, 5.41) is 3.44. The van der Waals surface area contributed by atoms with E-state index in [1.54, 1.807) is 7.05 Å². The number of piperidine rings is 2. The number of primary amides is 1. The Hall–Kier alpha value is -1.26. The van der Waals surface area contributed by atoms with Crippen LogP contribution in [-0.4, -0.2) is 72.6 Å². The molecule has 0 aromatic rings. The maximum atomic E-state index is 12.6. The molecule has 0 aromatic carbocycles. The molecule has 9 heteroatoms. The smallest absolute Gasteiger partial charge is 0.410 e. The first kappa shape index (κ1) is 25.8. The highest BCUT2D eigenvalue weighted by molar-refractivity contribution is 14.0. The predicted molar refractivity (Wildman–Crippen MR) is 125 cm³/mol. The average molecular weight is 523 g/mol. The van der Waals surface area contributed by atoms with Gasteiger partial charge in [0.05, 0.1) is 6.04 Å². The van der Waals surface area contributed by atoms with Crippen molar-refractivity contribution in [3.63, 3.8) is 0 Å². The number of aliphatic imine (C=N–C) groups is 1. The molecule has 2 saturated heterocycles. The number of likely N-dealkylation sites (tertiary alicyclic amines) is 2. The van der Waals surface area contributed by atoms with E-state index in [0.29, 0.717) is 13.0 Å². The summed E-state index contributed by atoms with van der Waals surface area (Å²) >= 11 is 0. The maximum absolute atomic E-state index is 12.6. The van der Waals surface area contributed by atoms with Gasteiger partial charge in [-0.05, 0) is 58.8 Å². The molecule has 2 aliphatic rings. The van der Waals surface area contributed by atoms with Crippen LogP contribution in [0.5, 0.6) is 0 Å². The number of hydrogen-bond acceptors (Lipinski definition) is 4. The third-order valence-corrected chi connectivity index (χ3v) is 5.27. The van der Waals surface area contributed by atoms with Crippen molar-refractivity contribution in [1.82, 2.24) is 15.1 Å². The van der Waals surface area contributed by atoms with E-state index in [0.717, 1.165) is 57.7 Å². The second-order valence-corrected chi connectivity index (χ2v) is 8.88. The molecule has 3 N–H and O–H groups in total. The minimum atomic E-state index is -0.494. The number of nitrogens with two attached hydrogens (primary N) is 1. The first-order valence-corrected chi connectivity index (χ1v) is 10.4. The molecule has 2 fully saturated rings. The van der Waals surface area contributed by atoms with Gasteiger partial charge in [0.1, 0.15) is 5.60 Å². The molecule has 168 valence electrons. The summed E-state index contributed by atoms with van der Waals surface area (Å²) in [6.07, 6.45) is 5.28. The molecule has 2 amide bonds. The quantitative estimate of drug-likeness (QED) is 0.335. The van der Waals surface area contributed by atoms with Crippen molar-refractivity contribution in [3.05, 3.63) is 0 Å². The largest absolute Gasteiger partial charge is 0.444 e. The third kappa shape index (κ3) is 8.55. The van der Waals surface area contributed by atoms with Crippen molar-refractivity contribution < 1.29 is 14.3 Å². The lowest BCUT2D eigenvalue weighted by Gasteiger charge is -2.38. The summed E-state index contributed by atoms with van der Waals surface area (Å²) < 4.78 is 5.58. The number of amides is 2. The summed E-state index contributed by atoms with van der Waals surface area (Å²) in [5.41, 5.74) is 4.87. The molecule has 2 heterocycles. The number of guanidine groups is 1. The highest BCUT2D eigenvalue weighted by Crippen LogP contribution is 2.21. The molecule has 0 spiro atoms. The Balaban J connectivity index is 0.00000420. The fourth-order valence-corrected chi connectivity index (χ4v) is 4.02. The second-order valence-electron chi connectivity index (χ2n) is 8.88. The Bertz CT molecular complexity index is 579. The van der Waals surface area contributed by atoms with Crippen LogP contribution in [0.4, 0.5) is 4.79 Å².